The smallest absolute Gasteiger partial charge is 0.228 e. The molecule has 1 aliphatic heterocycles. The third kappa shape index (κ3) is 5.20. The maximum Gasteiger partial charge on any atom is 0.228 e. The standard InChI is InChI=1S/C17H26N2O4/c1-12(11-16(21)19-7-9-23-10-8-19)18-13(2)17(22)14-3-5-15(20)6-4-14/h3-6,12-13,17-18,20,22H,7-11H2,1-2H3/p+1/t12-,13-,17-/m0/s1. The van der Waals surface area contributed by atoms with Crippen molar-refractivity contribution in [3.8, 4) is 5.75 Å². The van der Waals surface area contributed by atoms with Gasteiger partial charge in [-0.25, -0.2) is 0 Å². The minimum absolute atomic E-state index is 0.0768. The van der Waals surface area contributed by atoms with E-state index >= 15 is 0 Å². The molecule has 1 fully saturated rings. The number of nitrogens with zero attached hydrogens (tertiary/aromatic N) is 1. The number of aliphatic hydroxyl groups is 1. The van der Waals surface area contributed by atoms with Gasteiger partial charge in [0.15, 0.2) is 0 Å². The number of hydrogen-bond donors (Lipinski definition) is 3. The van der Waals surface area contributed by atoms with Crippen molar-refractivity contribution in [3.63, 3.8) is 0 Å². The number of ether oxygens (including phenoxy) is 1. The van der Waals surface area contributed by atoms with E-state index < -0.39 is 6.10 Å². The van der Waals surface area contributed by atoms with E-state index in [0.717, 1.165) is 5.56 Å². The average molecular weight is 323 g/mol. The van der Waals surface area contributed by atoms with Crippen molar-refractivity contribution in [3.05, 3.63) is 29.8 Å². The number of benzene rings is 1. The van der Waals surface area contributed by atoms with Gasteiger partial charge in [-0.3, -0.25) is 4.79 Å². The van der Waals surface area contributed by atoms with Crippen LogP contribution in [0.3, 0.4) is 0 Å². The van der Waals surface area contributed by atoms with Crippen molar-refractivity contribution in [1.82, 2.24) is 4.90 Å². The van der Waals surface area contributed by atoms with E-state index in [0.29, 0.717) is 32.7 Å². The van der Waals surface area contributed by atoms with E-state index in [1.165, 1.54) is 0 Å². The number of quaternary nitrogens is 1. The van der Waals surface area contributed by atoms with Gasteiger partial charge in [0.25, 0.3) is 0 Å². The summed E-state index contributed by atoms with van der Waals surface area (Å²) in [7, 11) is 0. The number of hydrogen-bond acceptors (Lipinski definition) is 4. The van der Waals surface area contributed by atoms with Gasteiger partial charge in [0.1, 0.15) is 17.9 Å². The number of morpholine rings is 1. The summed E-state index contributed by atoms with van der Waals surface area (Å²) >= 11 is 0. The number of nitrogens with two attached hydrogens (primary N) is 1. The molecule has 0 spiro atoms. The summed E-state index contributed by atoms with van der Waals surface area (Å²) in [4.78, 5) is 14.1. The average Bonchev–Trinajstić information content (AvgIpc) is 2.55. The van der Waals surface area contributed by atoms with Gasteiger partial charge < -0.3 is 25.2 Å². The number of amides is 1. The first-order valence-corrected chi connectivity index (χ1v) is 8.15. The zero-order valence-corrected chi connectivity index (χ0v) is 13.8. The lowest BCUT2D eigenvalue weighted by molar-refractivity contribution is -0.722. The fourth-order valence-electron chi connectivity index (χ4n) is 2.88. The topological polar surface area (TPSA) is 86.6 Å². The molecule has 0 radical (unpaired) electrons. The number of aromatic hydroxyl groups is 1. The van der Waals surface area contributed by atoms with Crippen LogP contribution < -0.4 is 5.32 Å². The van der Waals surface area contributed by atoms with Crippen LogP contribution >= 0.6 is 0 Å². The van der Waals surface area contributed by atoms with E-state index in [-0.39, 0.29) is 23.7 Å². The Morgan fingerprint density at radius 1 is 1.26 bits per heavy atom. The van der Waals surface area contributed by atoms with Gasteiger partial charge in [-0.05, 0) is 31.5 Å². The van der Waals surface area contributed by atoms with Crippen LogP contribution in [0.4, 0.5) is 0 Å². The number of aliphatic hydroxyl groups excluding tert-OH is 1. The molecular weight excluding hydrogens is 296 g/mol. The second-order valence-electron chi connectivity index (χ2n) is 6.26. The Labute approximate surface area is 137 Å². The van der Waals surface area contributed by atoms with Crippen LogP contribution in [0.5, 0.6) is 5.75 Å². The molecule has 128 valence electrons. The summed E-state index contributed by atoms with van der Waals surface area (Å²) < 4.78 is 5.26. The molecule has 1 amide bonds. The van der Waals surface area contributed by atoms with Gasteiger partial charge in [0.05, 0.1) is 25.7 Å². The Balaban J connectivity index is 1.82. The predicted molar refractivity (Wildman–Crippen MR) is 85.9 cm³/mol. The Morgan fingerprint density at radius 2 is 1.87 bits per heavy atom. The highest BCUT2D eigenvalue weighted by molar-refractivity contribution is 5.76. The fraction of sp³-hybridized carbons (Fsp3) is 0.588. The largest absolute Gasteiger partial charge is 0.508 e. The SMILES string of the molecule is C[C@H]([NH2+][C@@H](C)CC(=O)N1CCOCC1)[C@H](O)c1ccc(O)cc1. The normalized spacial score (nSPS) is 19.2. The van der Waals surface area contributed by atoms with Crippen molar-refractivity contribution in [2.24, 2.45) is 0 Å². The van der Waals surface area contributed by atoms with Gasteiger partial charge in [0.2, 0.25) is 5.91 Å². The zero-order chi connectivity index (χ0) is 16.8. The Kier molecular flexibility index (Phi) is 6.38. The molecule has 6 nitrogen and oxygen atoms in total. The molecule has 23 heavy (non-hydrogen) atoms. The molecule has 1 saturated heterocycles. The third-order valence-corrected chi connectivity index (χ3v) is 4.23. The van der Waals surface area contributed by atoms with Gasteiger partial charge in [-0.1, -0.05) is 12.1 Å². The highest BCUT2D eigenvalue weighted by Gasteiger charge is 2.25. The number of phenols is 1. The minimum atomic E-state index is -0.642. The molecule has 1 aromatic rings. The molecule has 2 rings (SSSR count). The van der Waals surface area contributed by atoms with Gasteiger partial charge >= 0.3 is 0 Å². The van der Waals surface area contributed by atoms with Crippen LogP contribution in [0.2, 0.25) is 0 Å². The summed E-state index contributed by atoms with van der Waals surface area (Å²) in [6.07, 6.45) is -0.191. The quantitative estimate of drug-likeness (QED) is 0.688. The Hall–Kier alpha value is -1.63. The molecule has 1 aromatic carbocycles. The molecule has 0 aliphatic carbocycles. The lowest BCUT2D eigenvalue weighted by atomic mass is 10.0. The predicted octanol–water partition coefficient (Wildman–Crippen LogP) is 0.0149. The summed E-state index contributed by atoms with van der Waals surface area (Å²) in [5, 5.41) is 21.7. The Bertz CT molecular complexity index is 500. The van der Waals surface area contributed by atoms with Gasteiger partial charge in [-0.15, -0.1) is 0 Å². The molecule has 0 unspecified atom stereocenters. The van der Waals surface area contributed by atoms with Crippen LogP contribution in [-0.4, -0.2) is 59.4 Å². The summed E-state index contributed by atoms with van der Waals surface area (Å²) in [6, 6.07) is 6.58. The van der Waals surface area contributed by atoms with Crippen molar-refractivity contribution >= 4 is 5.91 Å². The molecule has 0 saturated carbocycles. The first-order chi connectivity index (χ1) is 11.0. The summed E-state index contributed by atoms with van der Waals surface area (Å²) in [5.41, 5.74) is 0.762. The van der Waals surface area contributed by atoms with Gasteiger partial charge in [0, 0.05) is 13.1 Å². The molecule has 0 bridgehead atoms. The molecule has 3 atom stereocenters. The Morgan fingerprint density at radius 3 is 2.48 bits per heavy atom. The van der Waals surface area contributed by atoms with Crippen LogP contribution in [0.25, 0.3) is 0 Å². The molecule has 1 aliphatic rings. The van der Waals surface area contributed by atoms with Crippen molar-refractivity contribution in [2.45, 2.75) is 38.5 Å². The van der Waals surface area contributed by atoms with E-state index in [2.05, 4.69) is 0 Å². The van der Waals surface area contributed by atoms with E-state index in [4.69, 9.17) is 4.74 Å². The summed E-state index contributed by atoms with van der Waals surface area (Å²) in [6.45, 7) is 6.49. The molecule has 4 N–H and O–H groups in total. The van der Waals surface area contributed by atoms with E-state index in [1.54, 1.807) is 24.3 Å². The van der Waals surface area contributed by atoms with Crippen molar-refractivity contribution in [1.29, 1.82) is 0 Å². The minimum Gasteiger partial charge on any atom is -0.508 e. The molecular formula is C17H27N2O4+. The first kappa shape index (κ1) is 17.7. The van der Waals surface area contributed by atoms with E-state index in [1.807, 2.05) is 24.1 Å². The molecule has 6 heteroatoms. The lowest BCUT2D eigenvalue weighted by Crippen LogP contribution is -2.95. The van der Waals surface area contributed by atoms with Crippen molar-refractivity contribution in [2.75, 3.05) is 26.3 Å². The van der Waals surface area contributed by atoms with Crippen molar-refractivity contribution < 1.29 is 25.1 Å². The van der Waals surface area contributed by atoms with Gasteiger partial charge in [-0.2, -0.15) is 0 Å². The summed E-state index contributed by atoms with van der Waals surface area (Å²) in [5.74, 6) is 0.324. The monoisotopic (exact) mass is 323 g/mol. The highest BCUT2D eigenvalue weighted by Crippen LogP contribution is 2.18. The number of phenolic OH excluding ortho intramolecular Hbond substituents is 1. The number of carbonyl (C=O) groups excluding carboxylic acids is 1. The van der Waals surface area contributed by atoms with Crippen LogP contribution in [0, 0.1) is 0 Å². The van der Waals surface area contributed by atoms with Crippen LogP contribution in [-0.2, 0) is 9.53 Å². The first-order valence-electron chi connectivity index (χ1n) is 8.15. The second-order valence-corrected chi connectivity index (χ2v) is 6.26. The van der Waals surface area contributed by atoms with Crippen LogP contribution in [0.1, 0.15) is 31.9 Å². The lowest BCUT2D eigenvalue weighted by Gasteiger charge is -2.28. The maximum atomic E-state index is 12.2. The molecule has 1 heterocycles. The number of rotatable bonds is 6. The second kappa shape index (κ2) is 8.29. The number of carbonyl (C=O) groups is 1. The van der Waals surface area contributed by atoms with Crippen LogP contribution in [0.15, 0.2) is 24.3 Å². The highest BCUT2D eigenvalue weighted by atomic mass is 16.5. The molecule has 0 aromatic heterocycles. The third-order valence-electron chi connectivity index (χ3n) is 4.23. The van der Waals surface area contributed by atoms with E-state index in [9.17, 15) is 15.0 Å². The zero-order valence-electron chi connectivity index (χ0n) is 13.8. The fourth-order valence-corrected chi connectivity index (χ4v) is 2.88. The maximum absolute atomic E-state index is 12.2.